The zero-order valence-electron chi connectivity index (χ0n) is 4.05. The molecule has 0 fully saturated rings. The summed E-state index contributed by atoms with van der Waals surface area (Å²) in [4.78, 5) is 7.53. The van der Waals surface area contributed by atoms with Gasteiger partial charge in [-0.3, -0.25) is 9.98 Å². The van der Waals surface area contributed by atoms with E-state index in [1.165, 1.54) is 0 Å². The zero-order chi connectivity index (χ0) is 5.40. The number of rotatable bonds is 0. The molecule has 2 aliphatic rings. The third kappa shape index (κ3) is 0.320. The maximum Gasteiger partial charge on any atom is 0.0988 e. The molecule has 8 heavy (non-hydrogen) atoms. The molecule has 2 aliphatic heterocycles. The van der Waals surface area contributed by atoms with E-state index in [-0.39, 0.29) is 0 Å². The monoisotopic (exact) mass is 102 g/mol. The van der Waals surface area contributed by atoms with Crippen molar-refractivity contribution in [3.05, 3.63) is 23.5 Å². The lowest BCUT2D eigenvalue weighted by Gasteiger charge is -1.78. The molecule has 0 saturated carbocycles. The highest BCUT2D eigenvalue weighted by molar-refractivity contribution is 6.02. The van der Waals surface area contributed by atoms with Gasteiger partial charge in [-0.05, 0) is 0 Å². The molecule has 0 atom stereocenters. The molecule has 2 heteroatoms. The van der Waals surface area contributed by atoms with Gasteiger partial charge in [0.2, 0.25) is 0 Å². The van der Waals surface area contributed by atoms with E-state index in [2.05, 4.69) is 22.4 Å². The quantitative estimate of drug-likeness (QED) is 0.426. The van der Waals surface area contributed by atoms with Crippen molar-refractivity contribution in [3.8, 4) is 0 Å². The predicted molar refractivity (Wildman–Crippen MR) is 30.5 cm³/mol. The molecule has 0 unspecified atom stereocenters. The van der Waals surface area contributed by atoms with E-state index in [1.807, 2.05) is 0 Å². The van der Waals surface area contributed by atoms with Gasteiger partial charge in [0.25, 0.3) is 0 Å². The number of aliphatic imine (C=N–C) groups is 2. The van der Waals surface area contributed by atoms with Gasteiger partial charge in [-0.1, -0.05) is 0 Å². The van der Waals surface area contributed by atoms with Crippen LogP contribution in [0.25, 0.3) is 0 Å². The van der Waals surface area contributed by atoms with Crippen LogP contribution in [0.3, 0.4) is 0 Å². The van der Waals surface area contributed by atoms with Gasteiger partial charge in [-0.25, -0.2) is 0 Å². The second-order valence-electron chi connectivity index (χ2n) is 1.57. The first kappa shape index (κ1) is 3.78. The molecule has 0 N–H and O–H groups in total. The second-order valence-corrected chi connectivity index (χ2v) is 1.57. The lowest BCUT2D eigenvalue weighted by Crippen LogP contribution is -1.78. The molecule has 2 rings (SSSR count). The first-order chi connectivity index (χ1) is 3.97. The average Bonchev–Trinajstić information content (AvgIpc) is 2.15. The average molecular weight is 102 g/mol. The van der Waals surface area contributed by atoms with Crippen LogP contribution in [0.2, 0.25) is 0 Å². The van der Waals surface area contributed by atoms with Gasteiger partial charge in [0.05, 0.1) is 12.4 Å². The minimum absolute atomic E-state index is 0.949. The standard InChI is InChI=1S/C6H2N2/c1-5-2-8-4-6(5)3-7-1/h1,4H. The fourth-order valence-electron chi connectivity index (χ4n) is 0.650. The lowest BCUT2D eigenvalue weighted by atomic mass is 10.2. The van der Waals surface area contributed by atoms with Gasteiger partial charge in [0.1, 0.15) is 0 Å². The van der Waals surface area contributed by atoms with Gasteiger partial charge >= 0.3 is 0 Å². The van der Waals surface area contributed by atoms with Crippen molar-refractivity contribution in [2.75, 3.05) is 0 Å². The minimum atomic E-state index is 0.949. The Labute approximate surface area is 47.0 Å². The summed E-state index contributed by atoms with van der Waals surface area (Å²) >= 11 is 0. The molecular weight excluding hydrogens is 100 g/mol. The van der Waals surface area contributed by atoms with Crippen molar-refractivity contribution in [2.24, 2.45) is 9.98 Å². The van der Waals surface area contributed by atoms with E-state index in [1.54, 1.807) is 12.4 Å². The van der Waals surface area contributed by atoms with Crippen LogP contribution in [0.1, 0.15) is 0 Å². The Morgan fingerprint density at radius 2 is 1.50 bits per heavy atom. The van der Waals surface area contributed by atoms with Crippen molar-refractivity contribution in [2.45, 2.75) is 0 Å². The van der Waals surface area contributed by atoms with Crippen LogP contribution < -0.4 is 0 Å². The van der Waals surface area contributed by atoms with Gasteiger partial charge in [-0.15, -0.1) is 0 Å². The van der Waals surface area contributed by atoms with Crippen molar-refractivity contribution in [1.29, 1.82) is 0 Å². The number of fused-ring (bicyclic) bond motifs is 1. The minimum Gasteiger partial charge on any atom is -0.253 e. The number of nitrogens with zero attached hydrogens (tertiary/aromatic N) is 2. The van der Waals surface area contributed by atoms with Gasteiger partial charge in [0, 0.05) is 23.6 Å². The van der Waals surface area contributed by atoms with Crippen molar-refractivity contribution >= 4 is 12.4 Å². The van der Waals surface area contributed by atoms with Gasteiger partial charge < -0.3 is 0 Å². The Kier molecular flexibility index (Phi) is 0.545. The van der Waals surface area contributed by atoms with E-state index in [4.69, 9.17) is 0 Å². The van der Waals surface area contributed by atoms with Crippen LogP contribution in [0.15, 0.2) is 21.1 Å². The Bertz CT molecular complexity index is 205. The van der Waals surface area contributed by atoms with E-state index in [0.29, 0.717) is 0 Å². The largest absolute Gasteiger partial charge is 0.253 e. The molecule has 2 radical (unpaired) electrons. The van der Waals surface area contributed by atoms with E-state index in [0.717, 1.165) is 11.1 Å². The number of hydrogen-bond acceptors (Lipinski definition) is 2. The molecule has 0 bridgehead atoms. The van der Waals surface area contributed by atoms with E-state index in [9.17, 15) is 0 Å². The van der Waals surface area contributed by atoms with E-state index >= 15 is 0 Å². The van der Waals surface area contributed by atoms with Crippen LogP contribution in [0.5, 0.6) is 0 Å². The Hall–Kier alpha value is -1.18. The summed E-state index contributed by atoms with van der Waals surface area (Å²) in [5, 5.41) is 0. The van der Waals surface area contributed by atoms with Crippen LogP contribution in [0, 0.1) is 12.4 Å². The summed E-state index contributed by atoms with van der Waals surface area (Å²) in [6.07, 6.45) is 8.91. The fourth-order valence-corrected chi connectivity index (χ4v) is 0.650. The Morgan fingerprint density at radius 1 is 1.00 bits per heavy atom. The third-order valence-corrected chi connectivity index (χ3v) is 1.05. The summed E-state index contributed by atoms with van der Waals surface area (Å²) in [5.74, 6) is 0. The number of hydrogen-bond donors (Lipinski definition) is 0. The maximum absolute atomic E-state index is 3.77. The van der Waals surface area contributed by atoms with Crippen LogP contribution >= 0.6 is 0 Å². The van der Waals surface area contributed by atoms with Crippen LogP contribution in [0.4, 0.5) is 0 Å². The van der Waals surface area contributed by atoms with Gasteiger partial charge in [0.15, 0.2) is 0 Å². The Morgan fingerprint density at radius 3 is 2.00 bits per heavy atom. The predicted octanol–water partition coefficient (Wildman–Crippen LogP) is 0.529. The molecule has 2 heterocycles. The number of allylic oxidation sites excluding steroid dienone is 2. The molecule has 0 amide bonds. The summed E-state index contributed by atoms with van der Waals surface area (Å²) in [6.45, 7) is 0. The first-order valence-electron chi connectivity index (χ1n) is 2.29. The van der Waals surface area contributed by atoms with E-state index < -0.39 is 0 Å². The molecule has 0 saturated heterocycles. The highest BCUT2D eigenvalue weighted by Crippen LogP contribution is 2.14. The molecular formula is C6H2N2. The normalized spacial score (nSPS) is 21.0. The maximum atomic E-state index is 3.77. The third-order valence-electron chi connectivity index (χ3n) is 1.05. The molecule has 0 spiro atoms. The molecule has 0 aromatic carbocycles. The highest BCUT2D eigenvalue weighted by atomic mass is 14.8. The second kappa shape index (κ2) is 1.15. The summed E-state index contributed by atoms with van der Waals surface area (Å²) in [7, 11) is 0. The smallest absolute Gasteiger partial charge is 0.0988 e. The molecule has 2 nitrogen and oxygen atoms in total. The van der Waals surface area contributed by atoms with Crippen LogP contribution in [-0.4, -0.2) is 12.4 Å². The molecule has 0 aromatic rings. The molecule has 0 aliphatic carbocycles. The fraction of sp³-hybridized carbons (Fsp3) is 0. The lowest BCUT2D eigenvalue weighted by molar-refractivity contribution is 1.54. The van der Waals surface area contributed by atoms with Crippen LogP contribution in [-0.2, 0) is 0 Å². The zero-order valence-corrected chi connectivity index (χ0v) is 4.05. The molecule has 0 aromatic heterocycles. The summed E-state index contributed by atoms with van der Waals surface area (Å²) in [6, 6.07) is 0. The summed E-state index contributed by atoms with van der Waals surface area (Å²) < 4.78 is 0. The topological polar surface area (TPSA) is 24.7 Å². The molecule has 36 valence electrons. The van der Waals surface area contributed by atoms with Crippen molar-refractivity contribution < 1.29 is 0 Å². The summed E-state index contributed by atoms with van der Waals surface area (Å²) in [5.41, 5.74) is 1.90. The SMILES string of the molecule is [C]1=C2C=N[C]=C2C=N1. The Balaban J connectivity index is 2.59. The highest BCUT2D eigenvalue weighted by Gasteiger charge is 2.09. The van der Waals surface area contributed by atoms with Gasteiger partial charge in [-0.2, -0.15) is 0 Å². The van der Waals surface area contributed by atoms with Crippen molar-refractivity contribution in [3.63, 3.8) is 0 Å². The van der Waals surface area contributed by atoms with Crippen molar-refractivity contribution in [1.82, 2.24) is 0 Å². The first-order valence-corrected chi connectivity index (χ1v) is 2.29.